The molecule has 0 aromatic heterocycles. The fourth-order valence-corrected chi connectivity index (χ4v) is 3.16. The second-order valence-corrected chi connectivity index (χ2v) is 6.68. The topological polar surface area (TPSA) is 75.3 Å². The molecule has 4 amide bonds. The van der Waals surface area contributed by atoms with E-state index in [2.05, 4.69) is 15.9 Å². The molecular formula is C18H12BrClN2O3. The fraction of sp³-hybridized carbons (Fsp3) is 0.0556. The summed E-state index contributed by atoms with van der Waals surface area (Å²) < 4.78 is 0.828. The van der Waals surface area contributed by atoms with Crippen LogP contribution in [0.1, 0.15) is 16.7 Å². The minimum absolute atomic E-state index is 0.120. The molecule has 0 aliphatic carbocycles. The first-order chi connectivity index (χ1) is 11.9. The Hall–Kier alpha value is -2.44. The SMILES string of the molecule is O=C1NC(=O)C(=Cc2ccc(Cc3ccccc3Cl)c(Br)c2)C(=O)N1. The van der Waals surface area contributed by atoms with E-state index in [-0.39, 0.29) is 5.57 Å². The summed E-state index contributed by atoms with van der Waals surface area (Å²) >= 11 is 9.70. The molecule has 7 heteroatoms. The van der Waals surface area contributed by atoms with Crippen LogP contribution in [0.2, 0.25) is 5.02 Å². The van der Waals surface area contributed by atoms with E-state index >= 15 is 0 Å². The molecule has 1 aliphatic rings. The van der Waals surface area contributed by atoms with Crippen LogP contribution in [0, 0.1) is 0 Å². The van der Waals surface area contributed by atoms with Crippen LogP contribution in [0.15, 0.2) is 52.5 Å². The van der Waals surface area contributed by atoms with Crippen LogP contribution in [0.4, 0.5) is 4.79 Å². The van der Waals surface area contributed by atoms with Crippen molar-refractivity contribution in [1.29, 1.82) is 0 Å². The molecule has 0 unspecified atom stereocenters. The molecule has 0 bridgehead atoms. The van der Waals surface area contributed by atoms with Crippen molar-refractivity contribution in [2.24, 2.45) is 0 Å². The zero-order valence-electron chi connectivity index (χ0n) is 12.8. The van der Waals surface area contributed by atoms with Gasteiger partial charge in [0.1, 0.15) is 5.57 Å². The predicted octanol–water partition coefficient (Wildman–Crippen LogP) is 3.44. The summed E-state index contributed by atoms with van der Waals surface area (Å²) in [6.45, 7) is 0. The third-order valence-corrected chi connectivity index (χ3v) is 4.78. The number of carbonyl (C=O) groups excluding carboxylic acids is 3. The first-order valence-electron chi connectivity index (χ1n) is 7.34. The van der Waals surface area contributed by atoms with Crippen molar-refractivity contribution >= 4 is 51.5 Å². The van der Waals surface area contributed by atoms with E-state index in [1.807, 2.05) is 41.0 Å². The number of amides is 4. The maximum Gasteiger partial charge on any atom is 0.328 e. The van der Waals surface area contributed by atoms with Gasteiger partial charge in [-0.1, -0.05) is 57.9 Å². The Labute approximate surface area is 157 Å². The highest BCUT2D eigenvalue weighted by molar-refractivity contribution is 9.10. The van der Waals surface area contributed by atoms with Crippen molar-refractivity contribution in [1.82, 2.24) is 10.6 Å². The zero-order valence-corrected chi connectivity index (χ0v) is 15.1. The summed E-state index contributed by atoms with van der Waals surface area (Å²) in [5, 5.41) is 4.78. The summed E-state index contributed by atoms with van der Waals surface area (Å²) in [5.74, 6) is -1.44. The van der Waals surface area contributed by atoms with Crippen molar-refractivity contribution in [3.8, 4) is 0 Å². The van der Waals surface area contributed by atoms with Gasteiger partial charge in [-0.2, -0.15) is 0 Å². The molecule has 2 aromatic rings. The number of halogens is 2. The highest BCUT2D eigenvalue weighted by Gasteiger charge is 2.27. The van der Waals surface area contributed by atoms with Crippen molar-refractivity contribution in [3.05, 3.63) is 74.2 Å². The molecule has 2 aromatic carbocycles. The minimum atomic E-state index is -0.816. The molecule has 1 fully saturated rings. The van der Waals surface area contributed by atoms with E-state index in [1.165, 1.54) is 6.08 Å². The largest absolute Gasteiger partial charge is 0.328 e. The Balaban J connectivity index is 1.86. The van der Waals surface area contributed by atoms with Crippen molar-refractivity contribution in [2.45, 2.75) is 6.42 Å². The number of imide groups is 2. The number of hydrogen-bond acceptors (Lipinski definition) is 3. The van der Waals surface area contributed by atoms with Crippen LogP contribution in [0.25, 0.3) is 6.08 Å². The summed E-state index contributed by atoms with van der Waals surface area (Å²) in [6.07, 6.45) is 2.08. The summed E-state index contributed by atoms with van der Waals surface area (Å²) in [6, 6.07) is 12.3. The average Bonchev–Trinajstić information content (AvgIpc) is 2.55. The Bertz CT molecular complexity index is 902. The van der Waals surface area contributed by atoms with Gasteiger partial charge in [0.25, 0.3) is 11.8 Å². The molecule has 3 rings (SSSR count). The monoisotopic (exact) mass is 418 g/mol. The molecule has 0 radical (unpaired) electrons. The van der Waals surface area contributed by atoms with Crippen LogP contribution in [0.3, 0.4) is 0 Å². The smallest absolute Gasteiger partial charge is 0.273 e. The van der Waals surface area contributed by atoms with Crippen LogP contribution in [-0.4, -0.2) is 17.8 Å². The van der Waals surface area contributed by atoms with Gasteiger partial charge in [0.05, 0.1) is 0 Å². The van der Waals surface area contributed by atoms with Crippen molar-refractivity contribution in [2.75, 3.05) is 0 Å². The van der Waals surface area contributed by atoms with Crippen LogP contribution >= 0.6 is 27.5 Å². The molecule has 2 N–H and O–H groups in total. The molecule has 0 atom stereocenters. The molecule has 25 heavy (non-hydrogen) atoms. The number of benzene rings is 2. The third kappa shape index (κ3) is 3.97. The average molecular weight is 420 g/mol. The summed E-state index contributed by atoms with van der Waals surface area (Å²) in [5.41, 5.74) is 2.55. The minimum Gasteiger partial charge on any atom is -0.273 e. The predicted molar refractivity (Wildman–Crippen MR) is 98.1 cm³/mol. The van der Waals surface area contributed by atoms with Gasteiger partial charge in [0.2, 0.25) is 0 Å². The number of carbonyl (C=O) groups is 3. The molecule has 5 nitrogen and oxygen atoms in total. The van der Waals surface area contributed by atoms with Gasteiger partial charge in [-0.3, -0.25) is 20.2 Å². The molecule has 1 saturated heterocycles. The van der Waals surface area contributed by atoms with Gasteiger partial charge in [-0.15, -0.1) is 0 Å². The Morgan fingerprint density at radius 3 is 2.28 bits per heavy atom. The first-order valence-corrected chi connectivity index (χ1v) is 8.51. The zero-order chi connectivity index (χ0) is 18.0. The van der Waals surface area contributed by atoms with E-state index in [0.29, 0.717) is 17.0 Å². The van der Waals surface area contributed by atoms with E-state index in [9.17, 15) is 14.4 Å². The Morgan fingerprint density at radius 2 is 1.64 bits per heavy atom. The lowest BCUT2D eigenvalue weighted by molar-refractivity contribution is -0.123. The summed E-state index contributed by atoms with van der Waals surface area (Å²) in [7, 11) is 0. The van der Waals surface area contributed by atoms with E-state index in [4.69, 9.17) is 11.6 Å². The highest BCUT2D eigenvalue weighted by Crippen LogP contribution is 2.26. The quantitative estimate of drug-likeness (QED) is 0.591. The van der Waals surface area contributed by atoms with Crippen LogP contribution in [0.5, 0.6) is 0 Å². The highest BCUT2D eigenvalue weighted by atomic mass is 79.9. The third-order valence-electron chi connectivity index (χ3n) is 3.67. The van der Waals surface area contributed by atoms with Gasteiger partial charge in [0, 0.05) is 15.9 Å². The standard InChI is InChI=1S/C18H12BrClN2O3/c19-14-8-10(7-13-16(23)21-18(25)22-17(13)24)5-6-11(14)9-12-3-1-2-4-15(12)20/h1-8H,9H2,(H2,21,22,23,24,25). The van der Waals surface area contributed by atoms with Crippen molar-refractivity contribution in [3.63, 3.8) is 0 Å². The van der Waals surface area contributed by atoms with Gasteiger partial charge in [-0.25, -0.2) is 4.79 Å². The molecule has 1 heterocycles. The number of nitrogens with one attached hydrogen (secondary N) is 2. The molecule has 0 saturated carbocycles. The lowest BCUT2D eigenvalue weighted by Gasteiger charge is -2.14. The van der Waals surface area contributed by atoms with E-state index in [0.717, 1.165) is 15.6 Å². The number of barbiturate groups is 1. The van der Waals surface area contributed by atoms with Gasteiger partial charge < -0.3 is 0 Å². The van der Waals surface area contributed by atoms with Gasteiger partial charge >= 0.3 is 6.03 Å². The normalized spacial score (nSPS) is 14.2. The fourth-order valence-electron chi connectivity index (χ4n) is 2.42. The second kappa shape index (κ2) is 7.21. The molecule has 0 spiro atoms. The second-order valence-electron chi connectivity index (χ2n) is 5.41. The molecular weight excluding hydrogens is 408 g/mol. The lowest BCUT2D eigenvalue weighted by atomic mass is 10.0. The van der Waals surface area contributed by atoms with Gasteiger partial charge in [0.15, 0.2) is 0 Å². The number of urea groups is 1. The lowest BCUT2D eigenvalue weighted by Crippen LogP contribution is -2.51. The van der Waals surface area contributed by atoms with Gasteiger partial charge in [-0.05, 0) is 34.9 Å². The maximum absolute atomic E-state index is 11.8. The summed E-state index contributed by atoms with van der Waals surface area (Å²) in [4.78, 5) is 34.6. The first kappa shape index (κ1) is 17.4. The van der Waals surface area contributed by atoms with E-state index < -0.39 is 17.8 Å². The van der Waals surface area contributed by atoms with Crippen LogP contribution in [-0.2, 0) is 16.0 Å². The molecule has 1 aliphatic heterocycles. The number of hydrogen-bond donors (Lipinski definition) is 2. The Kier molecular flexibility index (Phi) is 5.01. The Morgan fingerprint density at radius 1 is 0.960 bits per heavy atom. The van der Waals surface area contributed by atoms with Crippen LogP contribution < -0.4 is 10.6 Å². The molecule has 126 valence electrons. The van der Waals surface area contributed by atoms with E-state index in [1.54, 1.807) is 12.1 Å². The van der Waals surface area contributed by atoms with Crippen molar-refractivity contribution < 1.29 is 14.4 Å². The maximum atomic E-state index is 11.8. The number of rotatable bonds is 3.